The molecule has 6 heteroatoms. The van der Waals surface area contributed by atoms with E-state index in [9.17, 15) is 10.1 Å². The number of hydrazone groups is 1. The molecule has 1 unspecified atom stereocenters. The molecule has 0 saturated carbocycles. The Balaban J connectivity index is 2.57. The van der Waals surface area contributed by atoms with E-state index >= 15 is 0 Å². The van der Waals surface area contributed by atoms with Gasteiger partial charge in [0.1, 0.15) is 0 Å². The van der Waals surface area contributed by atoms with Gasteiger partial charge >= 0.3 is 0 Å². The Morgan fingerprint density at radius 1 is 1.47 bits per heavy atom. The molecule has 0 aromatic rings. The van der Waals surface area contributed by atoms with E-state index in [-0.39, 0.29) is 6.17 Å². The summed E-state index contributed by atoms with van der Waals surface area (Å²) in [6.45, 7) is 4.91. The van der Waals surface area contributed by atoms with Crippen molar-refractivity contribution in [3.8, 4) is 0 Å². The molecule has 0 saturated heterocycles. The zero-order chi connectivity index (χ0) is 11.3. The van der Waals surface area contributed by atoms with Crippen LogP contribution in [-0.2, 0) is 0 Å². The first-order valence-electron chi connectivity index (χ1n) is 5.44. The van der Waals surface area contributed by atoms with Gasteiger partial charge in [-0.05, 0) is 12.8 Å². The Bertz CT molecular complexity index is 244. The third-order valence-corrected chi connectivity index (χ3v) is 2.44. The van der Waals surface area contributed by atoms with Crippen LogP contribution >= 0.6 is 0 Å². The summed E-state index contributed by atoms with van der Waals surface area (Å²) in [5.74, 6) is 0. The fourth-order valence-corrected chi connectivity index (χ4v) is 1.63. The lowest BCUT2D eigenvalue weighted by molar-refractivity contribution is -0.638. The Morgan fingerprint density at radius 2 is 2.20 bits per heavy atom. The van der Waals surface area contributed by atoms with Gasteiger partial charge in [-0.3, -0.25) is 5.01 Å². The van der Waals surface area contributed by atoms with E-state index in [4.69, 9.17) is 0 Å². The molecule has 0 aromatic heterocycles. The van der Waals surface area contributed by atoms with Crippen LogP contribution in [0.3, 0.4) is 0 Å². The highest BCUT2D eigenvalue weighted by Gasteiger charge is 2.34. The maximum atomic E-state index is 10.7. The normalized spacial score (nSPS) is 20.0. The van der Waals surface area contributed by atoms with Crippen molar-refractivity contribution in [2.24, 2.45) is 5.10 Å². The number of hydrogen-bond acceptors (Lipinski definition) is 4. The molecule has 0 aliphatic carbocycles. The quantitative estimate of drug-likeness (QED) is 0.498. The van der Waals surface area contributed by atoms with Crippen molar-refractivity contribution in [1.29, 1.82) is 0 Å². The lowest BCUT2D eigenvalue weighted by Crippen LogP contribution is -2.42. The van der Waals surface area contributed by atoms with E-state index in [1.165, 1.54) is 6.34 Å². The molecule has 1 aliphatic rings. The summed E-state index contributed by atoms with van der Waals surface area (Å²) in [6.07, 6.45) is 4.89. The average molecular weight is 214 g/mol. The van der Waals surface area contributed by atoms with Gasteiger partial charge in [0.05, 0.1) is 0 Å². The largest absolute Gasteiger partial charge is 0.267 e. The van der Waals surface area contributed by atoms with Crippen molar-refractivity contribution in [1.82, 2.24) is 10.0 Å². The molecule has 1 atom stereocenters. The van der Waals surface area contributed by atoms with Gasteiger partial charge < -0.3 is 0 Å². The molecule has 0 amide bonds. The Kier molecular flexibility index (Phi) is 4.33. The van der Waals surface area contributed by atoms with Crippen LogP contribution < -0.4 is 0 Å². The van der Waals surface area contributed by atoms with Gasteiger partial charge in [0.25, 0.3) is 0 Å². The van der Waals surface area contributed by atoms with E-state index in [2.05, 4.69) is 12.0 Å². The fourth-order valence-electron chi connectivity index (χ4n) is 1.63. The molecule has 0 radical (unpaired) electrons. The van der Waals surface area contributed by atoms with Gasteiger partial charge in [-0.15, -0.1) is 0 Å². The number of rotatable bonds is 6. The molecule has 0 N–H and O–H groups in total. The van der Waals surface area contributed by atoms with E-state index in [1.807, 2.05) is 11.9 Å². The van der Waals surface area contributed by atoms with Crippen molar-refractivity contribution >= 4 is 6.34 Å². The highest BCUT2D eigenvalue weighted by atomic mass is 16.7. The lowest BCUT2D eigenvalue weighted by atomic mass is 10.2. The molecule has 0 fully saturated rings. The van der Waals surface area contributed by atoms with Crippen LogP contribution in [0.15, 0.2) is 5.10 Å². The minimum absolute atomic E-state index is 0.198. The maximum Gasteiger partial charge on any atom is 0.183 e. The molecule has 1 rings (SSSR count). The van der Waals surface area contributed by atoms with Crippen LogP contribution in [0.5, 0.6) is 0 Å². The maximum absolute atomic E-state index is 10.7. The van der Waals surface area contributed by atoms with Gasteiger partial charge in [-0.25, -0.2) is 10.1 Å². The Hall–Kier alpha value is -1.33. The van der Waals surface area contributed by atoms with E-state index < -0.39 is 5.03 Å². The zero-order valence-electron chi connectivity index (χ0n) is 9.30. The predicted molar refractivity (Wildman–Crippen MR) is 57.6 cm³/mol. The average Bonchev–Trinajstić information content (AvgIpc) is 2.59. The van der Waals surface area contributed by atoms with Gasteiger partial charge in [-0.1, -0.05) is 31.7 Å². The number of hydrazine groups is 1. The SMILES string of the molecule is CCCCN1N=CN([N+](=O)[O-])C1CCC. The van der Waals surface area contributed by atoms with Crippen molar-refractivity contribution in [2.45, 2.75) is 45.7 Å². The van der Waals surface area contributed by atoms with Gasteiger partial charge in [0.2, 0.25) is 0 Å². The third-order valence-electron chi connectivity index (χ3n) is 2.44. The van der Waals surface area contributed by atoms with Crippen LogP contribution in [0.25, 0.3) is 0 Å². The predicted octanol–water partition coefficient (Wildman–Crippen LogP) is 1.67. The second-order valence-corrected chi connectivity index (χ2v) is 3.63. The minimum Gasteiger partial charge on any atom is -0.267 e. The summed E-state index contributed by atoms with van der Waals surface area (Å²) in [7, 11) is 0. The number of hydrogen-bond donors (Lipinski definition) is 0. The molecular formula is C9H18N4O2. The third kappa shape index (κ3) is 2.81. The number of unbranched alkanes of at least 4 members (excludes halogenated alkanes) is 1. The zero-order valence-corrected chi connectivity index (χ0v) is 9.30. The lowest BCUT2D eigenvalue weighted by Gasteiger charge is -2.23. The standard InChI is InChI=1S/C9H18N4O2/c1-3-5-7-11-9(6-4-2)12(8-10-11)13(14)15/h8-9H,3-7H2,1-2H3. The van der Waals surface area contributed by atoms with Crippen LogP contribution in [0.2, 0.25) is 0 Å². The van der Waals surface area contributed by atoms with Crippen LogP contribution in [0.1, 0.15) is 39.5 Å². The first-order chi connectivity index (χ1) is 7.20. The molecule has 0 spiro atoms. The van der Waals surface area contributed by atoms with Crippen molar-refractivity contribution in [2.75, 3.05) is 6.54 Å². The summed E-state index contributed by atoms with van der Waals surface area (Å²) in [5, 5.41) is 17.3. The molecule has 1 heterocycles. The fraction of sp³-hybridized carbons (Fsp3) is 0.889. The second kappa shape index (κ2) is 5.53. The summed E-state index contributed by atoms with van der Waals surface area (Å²) in [4.78, 5) is 10.7. The topological polar surface area (TPSA) is 62.0 Å². The summed E-state index contributed by atoms with van der Waals surface area (Å²) in [6, 6.07) is 0. The molecule has 0 bridgehead atoms. The number of nitrogens with zero attached hydrogens (tertiary/aromatic N) is 4. The van der Waals surface area contributed by atoms with Crippen LogP contribution in [0.4, 0.5) is 0 Å². The van der Waals surface area contributed by atoms with Crippen molar-refractivity contribution < 1.29 is 5.03 Å². The summed E-state index contributed by atoms with van der Waals surface area (Å²) >= 11 is 0. The molecular weight excluding hydrogens is 196 g/mol. The van der Waals surface area contributed by atoms with Crippen molar-refractivity contribution in [3.05, 3.63) is 10.1 Å². The van der Waals surface area contributed by atoms with Crippen LogP contribution in [-0.4, -0.2) is 34.1 Å². The minimum atomic E-state index is -0.393. The van der Waals surface area contributed by atoms with E-state index in [1.54, 1.807) is 0 Å². The smallest absolute Gasteiger partial charge is 0.183 e. The molecule has 6 nitrogen and oxygen atoms in total. The van der Waals surface area contributed by atoms with E-state index in [0.717, 1.165) is 37.2 Å². The first-order valence-corrected chi connectivity index (χ1v) is 5.44. The van der Waals surface area contributed by atoms with Gasteiger partial charge in [0.15, 0.2) is 17.5 Å². The van der Waals surface area contributed by atoms with Gasteiger partial charge in [-0.2, -0.15) is 5.10 Å². The summed E-state index contributed by atoms with van der Waals surface area (Å²) < 4.78 is 0. The monoisotopic (exact) mass is 214 g/mol. The number of nitro groups is 1. The highest BCUT2D eigenvalue weighted by Crippen LogP contribution is 2.17. The molecule has 86 valence electrons. The highest BCUT2D eigenvalue weighted by molar-refractivity contribution is 5.55. The van der Waals surface area contributed by atoms with E-state index in [0.29, 0.717) is 0 Å². The Labute approximate surface area is 89.7 Å². The van der Waals surface area contributed by atoms with Gasteiger partial charge in [0, 0.05) is 6.54 Å². The molecule has 1 aliphatic heterocycles. The van der Waals surface area contributed by atoms with Crippen molar-refractivity contribution in [3.63, 3.8) is 0 Å². The van der Waals surface area contributed by atoms with Crippen LogP contribution in [0, 0.1) is 10.1 Å². The second-order valence-electron chi connectivity index (χ2n) is 3.63. The first kappa shape index (κ1) is 11.7. The summed E-state index contributed by atoms with van der Waals surface area (Å²) in [5.41, 5.74) is 0. The Morgan fingerprint density at radius 3 is 2.73 bits per heavy atom. The molecule has 0 aromatic carbocycles. The molecule has 15 heavy (non-hydrogen) atoms.